The Kier molecular flexibility index (Phi) is 8.19. The number of hydrogen-bond acceptors (Lipinski definition) is 0. The molecule has 27 heavy (non-hydrogen) atoms. The van der Waals surface area contributed by atoms with E-state index in [9.17, 15) is 0 Å². The third kappa shape index (κ3) is 5.27. The number of nitrogens with zero attached hydrogens (tertiary/aromatic N) is 1. The van der Waals surface area contributed by atoms with Gasteiger partial charge < -0.3 is 5.09 Å². The van der Waals surface area contributed by atoms with Gasteiger partial charge in [-0.3, -0.25) is 0 Å². The van der Waals surface area contributed by atoms with E-state index in [4.69, 9.17) is 5.09 Å². The van der Waals surface area contributed by atoms with Crippen LogP contribution in [-0.4, -0.2) is 0 Å². The van der Waals surface area contributed by atoms with Crippen LogP contribution in [0.5, 0.6) is 0 Å². The van der Waals surface area contributed by atoms with Gasteiger partial charge in [0.2, 0.25) is 0 Å². The normalized spacial score (nSPS) is 10.9. The van der Waals surface area contributed by atoms with Gasteiger partial charge >= 0.3 is 18.9 Å². The summed E-state index contributed by atoms with van der Waals surface area (Å²) >= 11 is 0. The molecule has 0 bridgehead atoms. The van der Waals surface area contributed by atoms with Gasteiger partial charge in [-0.2, -0.15) is 0 Å². The molecular weight excluding hydrogens is 340 g/mol. The summed E-state index contributed by atoms with van der Waals surface area (Å²) in [5.74, 6) is 0.909. The average molecular weight is 367 g/mol. The molecule has 0 saturated carbocycles. The van der Waals surface area contributed by atoms with Gasteiger partial charge in [-0.05, 0) is 22.4 Å². The van der Waals surface area contributed by atoms with E-state index in [0.29, 0.717) is 11.8 Å². The summed E-state index contributed by atoms with van der Waals surface area (Å²) in [7, 11) is -0.784. The first-order valence-electron chi connectivity index (χ1n) is 9.32. The molecule has 0 aliphatic rings. The maximum absolute atomic E-state index is 5.41. The van der Waals surface area contributed by atoms with Crippen molar-refractivity contribution in [3.8, 4) is 0 Å². The molecule has 0 unspecified atom stereocenters. The molecule has 3 rings (SSSR count). The molecule has 3 aromatic rings. The van der Waals surface area contributed by atoms with Gasteiger partial charge in [0.1, 0.15) is 0 Å². The quantitative estimate of drug-likeness (QED) is 0.462. The molecule has 0 heterocycles. The van der Waals surface area contributed by atoms with Crippen molar-refractivity contribution in [2.75, 3.05) is 0 Å². The fourth-order valence-electron chi connectivity index (χ4n) is 3.13. The smallest absolute Gasteiger partial charge is 0.652 e. The van der Waals surface area contributed by atoms with E-state index in [1.54, 1.807) is 0 Å². The Balaban J connectivity index is 0.00000261. The molecule has 0 aliphatic heterocycles. The van der Waals surface area contributed by atoms with Crippen LogP contribution < -0.4 is 29.5 Å². The van der Waals surface area contributed by atoms with E-state index >= 15 is 0 Å². The predicted molar refractivity (Wildman–Crippen MR) is 117 cm³/mol. The van der Waals surface area contributed by atoms with Gasteiger partial charge in [0.05, 0.1) is 0 Å². The average Bonchev–Trinajstić information content (AvgIpc) is 2.67. The molecule has 0 N–H and O–H groups in total. The van der Waals surface area contributed by atoms with Crippen LogP contribution in [0.1, 0.15) is 50.7 Å². The zero-order valence-corrected chi connectivity index (χ0v) is 17.9. The Bertz CT molecular complexity index is 766. The fraction of sp³-hybridized carbons (Fsp3) is 0.250. The molecule has 3 heteroatoms. The van der Waals surface area contributed by atoms with E-state index in [1.165, 1.54) is 27.4 Å². The molecule has 0 fully saturated rings. The molecule has 0 spiro atoms. The molecular formula is C24H27LiNP. The van der Waals surface area contributed by atoms with Crippen LogP contribution in [0.4, 0.5) is 5.69 Å². The summed E-state index contributed by atoms with van der Waals surface area (Å²) in [6, 6.07) is 28.1. The molecule has 0 atom stereocenters. The summed E-state index contributed by atoms with van der Waals surface area (Å²) < 4.78 is 0. The van der Waals surface area contributed by atoms with Gasteiger partial charge in [-0.15, -0.1) is 13.8 Å². The minimum absolute atomic E-state index is 0. The van der Waals surface area contributed by atoms with E-state index in [0.717, 1.165) is 0 Å². The molecule has 0 aromatic heterocycles. The number of benzene rings is 3. The van der Waals surface area contributed by atoms with E-state index in [1.807, 2.05) is 0 Å². The van der Waals surface area contributed by atoms with Gasteiger partial charge in [0.15, 0.2) is 0 Å². The molecule has 0 aliphatic carbocycles. The standard InChI is InChI=1S/C24H27NP.Li/c1-18(2)22-16-11-17-23(19(3)4)24(22)25-26(20-12-7-5-8-13-20)21-14-9-6-10-15-21;/h5-19H,1-4H3;/q-1;+1. The van der Waals surface area contributed by atoms with Crippen molar-refractivity contribution in [2.24, 2.45) is 0 Å². The summed E-state index contributed by atoms with van der Waals surface area (Å²) in [6.07, 6.45) is 0. The maximum atomic E-state index is 5.41. The zero-order valence-electron chi connectivity index (χ0n) is 17.1. The van der Waals surface area contributed by atoms with Crippen LogP contribution in [0.25, 0.3) is 5.09 Å². The number of hydrogen-bond donors (Lipinski definition) is 0. The third-order valence-electron chi connectivity index (χ3n) is 4.54. The van der Waals surface area contributed by atoms with Gasteiger partial charge in [-0.1, -0.05) is 118 Å². The van der Waals surface area contributed by atoms with Crippen molar-refractivity contribution >= 4 is 24.4 Å². The van der Waals surface area contributed by atoms with E-state index < -0.39 is 8.07 Å². The Labute approximate surface area is 177 Å². The Morgan fingerprint density at radius 1 is 0.593 bits per heavy atom. The van der Waals surface area contributed by atoms with Crippen molar-refractivity contribution in [2.45, 2.75) is 39.5 Å². The van der Waals surface area contributed by atoms with Crippen LogP contribution >= 0.6 is 8.07 Å². The van der Waals surface area contributed by atoms with Gasteiger partial charge in [-0.25, -0.2) is 0 Å². The Morgan fingerprint density at radius 2 is 1.00 bits per heavy atom. The van der Waals surface area contributed by atoms with Crippen molar-refractivity contribution in [3.63, 3.8) is 0 Å². The number of rotatable bonds is 6. The van der Waals surface area contributed by atoms with Crippen LogP contribution in [0.3, 0.4) is 0 Å². The zero-order chi connectivity index (χ0) is 18.5. The topological polar surface area (TPSA) is 14.1 Å². The van der Waals surface area contributed by atoms with Gasteiger partial charge in [0.25, 0.3) is 0 Å². The molecule has 134 valence electrons. The summed E-state index contributed by atoms with van der Waals surface area (Å²) in [4.78, 5) is 0. The maximum Gasteiger partial charge on any atom is 1.00 e. The van der Waals surface area contributed by atoms with Crippen LogP contribution in [-0.2, 0) is 0 Å². The minimum Gasteiger partial charge on any atom is -0.652 e. The second kappa shape index (κ2) is 10.1. The molecule has 1 nitrogen and oxygen atoms in total. The molecule has 3 aromatic carbocycles. The van der Waals surface area contributed by atoms with E-state index in [2.05, 4.69) is 107 Å². The summed E-state index contributed by atoms with van der Waals surface area (Å²) in [5.41, 5.74) is 3.88. The Morgan fingerprint density at radius 3 is 1.37 bits per heavy atom. The minimum atomic E-state index is -0.784. The fourth-order valence-corrected chi connectivity index (χ4v) is 5.00. The first-order chi connectivity index (χ1) is 12.6. The SMILES string of the molecule is CC(C)c1cccc(C(C)C)c1[N-]P(c1ccccc1)c1ccccc1.[Li+]. The second-order valence-electron chi connectivity index (χ2n) is 7.18. The predicted octanol–water partition coefficient (Wildman–Crippen LogP) is 3.99. The Hall–Kier alpha value is -1.51. The monoisotopic (exact) mass is 367 g/mol. The first-order valence-corrected chi connectivity index (χ1v) is 10.6. The largest absolute Gasteiger partial charge is 1.00 e. The van der Waals surface area contributed by atoms with Crippen LogP contribution in [0.15, 0.2) is 78.9 Å². The van der Waals surface area contributed by atoms with Crippen molar-refractivity contribution in [3.05, 3.63) is 95.1 Å². The summed E-state index contributed by atoms with van der Waals surface area (Å²) in [5, 5.41) is 7.99. The first kappa shape index (κ1) is 21.8. The van der Waals surface area contributed by atoms with Crippen molar-refractivity contribution in [1.29, 1.82) is 0 Å². The van der Waals surface area contributed by atoms with Gasteiger partial charge in [0, 0.05) is 0 Å². The van der Waals surface area contributed by atoms with Crippen LogP contribution in [0, 0.1) is 0 Å². The van der Waals surface area contributed by atoms with E-state index in [-0.39, 0.29) is 18.9 Å². The molecule has 0 saturated heterocycles. The molecule has 0 amide bonds. The van der Waals surface area contributed by atoms with Crippen molar-refractivity contribution in [1.82, 2.24) is 0 Å². The van der Waals surface area contributed by atoms with Crippen molar-refractivity contribution < 1.29 is 18.9 Å². The summed E-state index contributed by atoms with van der Waals surface area (Å²) in [6.45, 7) is 9.02. The second-order valence-corrected chi connectivity index (χ2v) is 9.03. The molecule has 0 radical (unpaired) electrons. The van der Waals surface area contributed by atoms with Crippen LogP contribution in [0.2, 0.25) is 0 Å². The third-order valence-corrected chi connectivity index (χ3v) is 6.52.